The molecule has 0 bridgehead atoms. The van der Waals surface area contributed by atoms with Crippen molar-refractivity contribution >= 4 is 5.82 Å². The summed E-state index contributed by atoms with van der Waals surface area (Å²) in [6.45, 7) is 2.95. The molecular weight excluding hydrogens is 256 g/mol. The van der Waals surface area contributed by atoms with E-state index in [1.54, 1.807) is 12.3 Å². The van der Waals surface area contributed by atoms with Gasteiger partial charge in [0, 0.05) is 25.8 Å². The zero-order valence-electron chi connectivity index (χ0n) is 11.7. The third-order valence-corrected chi connectivity index (χ3v) is 3.62. The monoisotopic (exact) mass is 274 g/mol. The minimum atomic E-state index is 0.160. The summed E-state index contributed by atoms with van der Waals surface area (Å²) in [5, 5.41) is 4.11. The van der Waals surface area contributed by atoms with E-state index in [9.17, 15) is 0 Å². The van der Waals surface area contributed by atoms with E-state index in [1.165, 1.54) is 0 Å². The van der Waals surface area contributed by atoms with Crippen molar-refractivity contribution in [1.82, 2.24) is 24.9 Å². The quantitative estimate of drug-likeness (QED) is 0.859. The van der Waals surface area contributed by atoms with Crippen LogP contribution in [0, 0.1) is 0 Å². The van der Waals surface area contributed by atoms with Gasteiger partial charge in [0.2, 0.25) is 0 Å². The summed E-state index contributed by atoms with van der Waals surface area (Å²) in [5.74, 6) is 1.67. The molecule has 0 amide bonds. The zero-order valence-corrected chi connectivity index (χ0v) is 11.7. The van der Waals surface area contributed by atoms with Crippen molar-refractivity contribution in [3.63, 3.8) is 0 Å². The topological polar surface area (TPSA) is 84.3 Å². The second-order valence-corrected chi connectivity index (χ2v) is 5.19. The van der Waals surface area contributed by atoms with Crippen LogP contribution in [-0.2, 0) is 0 Å². The Morgan fingerprint density at radius 3 is 2.90 bits per heavy atom. The average molecular weight is 274 g/mol. The lowest BCUT2D eigenvalue weighted by atomic mass is 10.2. The zero-order chi connectivity index (χ0) is 14.1. The lowest BCUT2D eigenvalue weighted by Gasteiger charge is -2.35. The molecule has 106 valence electrons. The number of rotatable bonds is 2. The summed E-state index contributed by atoms with van der Waals surface area (Å²) in [6.07, 6.45) is 1.64. The number of pyridine rings is 1. The van der Waals surface area contributed by atoms with Crippen LogP contribution in [-0.4, -0.2) is 58.7 Å². The van der Waals surface area contributed by atoms with Gasteiger partial charge >= 0.3 is 0 Å². The molecule has 1 atom stereocenters. The molecule has 20 heavy (non-hydrogen) atoms. The van der Waals surface area contributed by atoms with E-state index in [0.29, 0.717) is 17.5 Å². The number of nitrogen functional groups attached to an aromatic ring is 1. The highest BCUT2D eigenvalue weighted by atomic mass is 16.5. The lowest BCUT2D eigenvalue weighted by Crippen LogP contribution is -2.45. The Morgan fingerprint density at radius 2 is 2.15 bits per heavy atom. The third-order valence-electron chi connectivity index (χ3n) is 3.62. The Labute approximate surface area is 117 Å². The van der Waals surface area contributed by atoms with Crippen LogP contribution < -0.4 is 5.73 Å². The summed E-state index contributed by atoms with van der Waals surface area (Å²) in [6, 6.07) is 3.71. The molecule has 1 unspecified atom stereocenters. The highest BCUT2D eigenvalue weighted by molar-refractivity contribution is 5.53. The smallest absolute Gasteiger partial charge is 0.259 e. The molecule has 3 rings (SSSR count). The molecule has 1 fully saturated rings. The summed E-state index contributed by atoms with van der Waals surface area (Å²) in [7, 11) is 4.18. The first-order chi connectivity index (χ1) is 9.63. The molecule has 7 nitrogen and oxygen atoms in total. The second kappa shape index (κ2) is 5.18. The minimum absolute atomic E-state index is 0.160. The molecule has 1 saturated heterocycles. The van der Waals surface area contributed by atoms with Crippen molar-refractivity contribution in [2.24, 2.45) is 0 Å². The summed E-state index contributed by atoms with van der Waals surface area (Å²) < 4.78 is 5.34. The highest BCUT2D eigenvalue weighted by Gasteiger charge is 2.28. The normalized spacial score (nSPS) is 21.2. The Kier molecular flexibility index (Phi) is 3.37. The van der Waals surface area contributed by atoms with Crippen LogP contribution in [0.3, 0.4) is 0 Å². The van der Waals surface area contributed by atoms with E-state index in [1.807, 2.05) is 6.07 Å². The molecule has 7 heteroatoms. The van der Waals surface area contributed by atoms with Gasteiger partial charge in [0.25, 0.3) is 5.89 Å². The number of aromatic nitrogens is 3. The SMILES string of the molecule is CN1CCN(C)C(c2noc(-c3ccc(N)nc3)n2)C1. The van der Waals surface area contributed by atoms with E-state index in [-0.39, 0.29) is 6.04 Å². The van der Waals surface area contributed by atoms with E-state index in [2.05, 4.69) is 39.0 Å². The Morgan fingerprint density at radius 1 is 1.30 bits per heavy atom. The predicted octanol–water partition coefficient (Wildman–Crippen LogP) is 0.632. The summed E-state index contributed by atoms with van der Waals surface area (Å²) in [4.78, 5) is 13.0. The maximum atomic E-state index is 5.57. The molecular formula is C13H18N6O. The Bertz CT molecular complexity index is 581. The Hall–Kier alpha value is -1.99. The fourth-order valence-electron chi connectivity index (χ4n) is 2.31. The fourth-order valence-corrected chi connectivity index (χ4v) is 2.31. The maximum Gasteiger partial charge on any atom is 0.259 e. The van der Waals surface area contributed by atoms with E-state index in [0.717, 1.165) is 25.2 Å². The van der Waals surface area contributed by atoms with E-state index in [4.69, 9.17) is 10.3 Å². The standard InChI is InChI=1S/C13H18N6O/c1-18-5-6-19(2)10(8-18)12-16-13(20-17-12)9-3-4-11(14)15-7-9/h3-4,7,10H,5-6,8H2,1-2H3,(H2,14,15). The molecule has 0 aromatic carbocycles. The van der Waals surface area contributed by atoms with Gasteiger partial charge in [-0.15, -0.1) is 0 Å². The van der Waals surface area contributed by atoms with Gasteiger partial charge < -0.3 is 15.2 Å². The predicted molar refractivity (Wildman–Crippen MR) is 74.8 cm³/mol. The van der Waals surface area contributed by atoms with Crippen molar-refractivity contribution in [3.05, 3.63) is 24.2 Å². The van der Waals surface area contributed by atoms with Crippen molar-refractivity contribution in [2.75, 3.05) is 39.5 Å². The number of piperazine rings is 1. The lowest BCUT2D eigenvalue weighted by molar-refractivity contribution is 0.108. The second-order valence-electron chi connectivity index (χ2n) is 5.19. The largest absolute Gasteiger partial charge is 0.384 e. The van der Waals surface area contributed by atoms with Crippen LogP contribution in [0.15, 0.2) is 22.9 Å². The van der Waals surface area contributed by atoms with Crippen LogP contribution >= 0.6 is 0 Å². The first-order valence-electron chi connectivity index (χ1n) is 6.58. The number of anilines is 1. The molecule has 3 heterocycles. The van der Waals surface area contributed by atoms with Crippen molar-refractivity contribution in [3.8, 4) is 11.5 Å². The molecule has 1 aliphatic rings. The van der Waals surface area contributed by atoms with Crippen LogP contribution in [0.4, 0.5) is 5.82 Å². The number of nitrogens with two attached hydrogens (primary N) is 1. The van der Waals surface area contributed by atoms with Crippen LogP contribution in [0.25, 0.3) is 11.5 Å². The van der Waals surface area contributed by atoms with Gasteiger partial charge in [0.05, 0.1) is 11.6 Å². The first kappa shape index (κ1) is 13.0. The van der Waals surface area contributed by atoms with Crippen molar-refractivity contribution in [2.45, 2.75) is 6.04 Å². The average Bonchev–Trinajstić information content (AvgIpc) is 2.92. The molecule has 2 N–H and O–H groups in total. The Balaban J connectivity index is 1.84. The van der Waals surface area contributed by atoms with E-state index >= 15 is 0 Å². The number of likely N-dealkylation sites (N-methyl/N-ethyl adjacent to an activating group) is 2. The fraction of sp³-hybridized carbons (Fsp3) is 0.462. The molecule has 0 radical (unpaired) electrons. The van der Waals surface area contributed by atoms with Gasteiger partial charge in [0.15, 0.2) is 5.82 Å². The summed E-state index contributed by atoms with van der Waals surface area (Å²) in [5.41, 5.74) is 6.35. The molecule has 1 aliphatic heterocycles. The first-order valence-corrected chi connectivity index (χ1v) is 6.58. The van der Waals surface area contributed by atoms with Crippen LogP contribution in [0.1, 0.15) is 11.9 Å². The molecule has 0 aliphatic carbocycles. The number of nitrogens with zero attached hydrogens (tertiary/aromatic N) is 5. The van der Waals surface area contributed by atoms with Gasteiger partial charge in [0.1, 0.15) is 5.82 Å². The molecule has 2 aromatic rings. The molecule has 0 spiro atoms. The minimum Gasteiger partial charge on any atom is -0.384 e. The number of hydrogen-bond acceptors (Lipinski definition) is 7. The van der Waals surface area contributed by atoms with Gasteiger partial charge in [-0.05, 0) is 26.2 Å². The summed E-state index contributed by atoms with van der Waals surface area (Å²) >= 11 is 0. The van der Waals surface area contributed by atoms with Gasteiger partial charge in [-0.25, -0.2) is 4.98 Å². The highest BCUT2D eigenvalue weighted by Crippen LogP contribution is 2.24. The third kappa shape index (κ3) is 2.50. The van der Waals surface area contributed by atoms with Gasteiger partial charge in [-0.2, -0.15) is 4.98 Å². The van der Waals surface area contributed by atoms with E-state index < -0.39 is 0 Å². The van der Waals surface area contributed by atoms with Crippen molar-refractivity contribution in [1.29, 1.82) is 0 Å². The van der Waals surface area contributed by atoms with Gasteiger partial charge in [-0.1, -0.05) is 5.16 Å². The molecule has 2 aromatic heterocycles. The molecule has 0 saturated carbocycles. The van der Waals surface area contributed by atoms with Gasteiger partial charge in [-0.3, -0.25) is 4.90 Å². The van der Waals surface area contributed by atoms with Crippen molar-refractivity contribution < 1.29 is 4.52 Å². The van der Waals surface area contributed by atoms with Crippen LogP contribution in [0.5, 0.6) is 0 Å². The van der Waals surface area contributed by atoms with Crippen LogP contribution in [0.2, 0.25) is 0 Å². The number of hydrogen-bond donors (Lipinski definition) is 1. The maximum absolute atomic E-state index is 5.57.